The van der Waals surface area contributed by atoms with Gasteiger partial charge in [0.2, 0.25) is 5.91 Å². The SMILES string of the molecule is O=C(/C=C/c1ccc([N+](=O)[O-])s1)NC1(C(=O)O)CC1c1ccccc1. The van der Waals surface area contributed by atoms with Crippen LogP contribution in [0.1, 0.15) is 22.8 Å². The van der Waals surface area contributed by atoms with Gasteiger partial charge in [-0.2, -0.15) is 0 Å². The fraction of sp³-hybridized carbons (Fsp3) is 0.176. The molecule has 2 atom stereocenters. The first-order valence-electron chi connectivity index (χ1n) is 7.45. The van der Waals surface area contributed by atoms with E-state index in [0.717, 1.165) is 16.9 Å². The molecule has 0 spiro atoms. The van der Waals surface area contributed by atoms with Gasteiger partial charge in [0.25, 0.3) is 0 Å². The van der Waals surface area contributed by atoms with Crippen LogP contribution in [0.4, 0.5) is 5.00 Å². The molecule has 7 nitrogen and oxygen atoms in total. The Morgan fingerprint density at radius 3 is 2.60 bits per heavy atom. The first kappa shape index (κ1) is 16.8. The summed E-state index contributed by atoms with van der Waals surface area (Å²) in [7, 11) is 0. The molecule has 0 aliphatic heterocycles. The van der Waals surface area contributed by atoms with E-state index < -0.39 is 22.3 Å². The van der Waals surface area contributed by atoms with Crippen molar-refractivity contribution in [3.63, 3.8) is 0 Å². The minimum atomic E-state index is -1.30. The van der Waals surface area contributed by atoms with Crippen LogP contribution < -0.4 is 5.32 Å². The maximum absolute atomic E-state index is 12.1. The van der Waals surface area contributed by atoms with E-state index in [-0.39, 0.29) is 10.9 Å². The Morgan fingerprint density at radius 2 is 2.00 bits per heavy atom. The number of nitrogens with one attached hydrogen (secondary N) is 1. The van der Waals surface area contributed by atoms with E-state index in [1.807, 2.05) is 30.3 Å². The molecule has 128 valence electrons. The van der Waals surface area contributed by atoms with Gasteiger partial charge in [-0.25, -0.2) is 4.79 Å². The number of carboxylic acids is 1. The van der Waals surface area contributed by atoms with Crippen LogP contribution >= 0.6 is 11.3 Å². The first-order valence-corrected chi connectivity index (χ1v) is 8.27. The Labute approximate surface area is 146 Å². The molecule has 1 aliphatic rings. The summed E-state index contributed by atoms with van der Waals surface area (Å²) in [4.78, 5) is 34.4. The van der Waals surface area contributed by atoms with Crippen LogP contribution in [0, 0.1) is 10.1 Å². The highest BCUT2D eigenvalue weighted by molar-refractivity contribution is 7.16. The summed E-state index contributed by atoms with van der Waals surface area (Å²) in [5, 5.41) is 22.7. The molecular weight excluding hydrogens is 344 g/mol. The van der Waals surface area contributed by atoms with E-state index in [1.165, 1.54) is 24.3 Å². The van der Waals surface area contributed by atoms with Gasteiger partial charge in [0.1, 0.15) is 5.54 Å². The number of aliphatic carboxylic acids is 1. The van der Waals surface area contributed by atoms with Crippen molar-refractivity contribution in [3.8, 4) is 0 Å². The zero-order valence-corrected chi connectivity index (χ0v) is 13.7. The lowest BCUT2D eigenvalue weighted by Crippen LogP contribution is -2.43. The lowest BCUT2D eigenvalue weighted by molar-refractivity contribution is -0.380. The van der Waals surface area contributed by atoms with Crippen molar-refractivity contribution >= 4 is 34.3 Å². The average molecular weight is 358 g/mol. The van der Waals surface area contributed by atoms with Gasteiger partial charge in [-0.1, -0.05) is 41.7 Å². The normalized spacial score (nSPS) is 21.8. The summed E-state index contributed by atoms with van der Waals surface area (Å²) < 4.78 is 0. The Bertz CT molecular complexity index is 861. The van der Waals surface area contributed by atoms with Gasteiger partial charge in [0.15, 0.2) is 0 Å². The fourth-order valence-electron chi connectivity index (χ4n) is 2.73. The largest absolute Gasteiger partial charge is 0.479 e. The summed E-state index contributed by atoms with van der Waals surface area (Å²) in [5.41, 5.74) is -0.437. The van der Waals surface area contributed by atoms with Crippen LogP contribution in [-0.2, 0) is 9.59 Å². The van der Waals surface area contributed by atoms with Crippen LogP contribution in [0.5, 0.6) is 0 Å². The topological polar surface area (TPSA) is 110 Å². The highest BCUT2D eigenvalue weighted by Crippen LogP contribution is 2.51. The Hall–Kier alpha value is -3.00. The second-order valence-electron chi connectivity index (χ2n) is 5.70. The summed E-state index contributed by atoms with van der Waals surface area (Å²) in [5.74, 6) is -1.89. The van der Waals surface area contributed by atoms with Gasteiger partial charge in [-0.05, 0) is 24.1 Å². The maximum Gasteiger partial charge on any atom is 0.330 e. The van der Waals surface area contributed by atoms with E-state index in [2.05, 4.69) is 5.32 Å². The molecule has 3 rings (SSSR count). The molecule has 8 heteroatoms. The van der Waals surface area contributed by atoms with Gasteiger partial charge in [0.05, 0.1) is 4.92 Å². The molecule has 0 bridgehead atoms. The smallest absolute Gasteiger partial charge is 0.330 e. The number of hydrogen-bond donors (Lipinski definition) is 2. The Balaban J connectivity index is 1.69. The van der Waals surface area contributed by atoms with Crippen LogP contribution in [0.2, 0.25) is 0 Å². The number of carboxylic acid groups (broad SMARTS) is 1. The predicted octanol–water partition coefficient (Wildman–Crippen LogP) is 2.80. The molecule has 1 aliphatic carbocycles. The monoisotopic (exact) mass is 358 g/mol. The van der Waals surface area contributed by atoms with E-state index >= 15 is 0 Å². The fourth-order valence-corrected chi connectivity index (χ4v) is 3.45. The van der Waals surface area contributed by atoms with Gasteiger partial charge >= 0.3 is 11.0 Å². The summed E-state index contributed by atoms with van der Waals surface area (Å²) >= 11 is 0.938. The molecule has 1 fully saturated rings. The second-order valence-corrected chi connectivity index (χ2v) is 6.79. The maximum atomic E-state index is 12.1. The van der Waals surface area contributed by atoms with Crippen molar-refractivity contribution in [2.24, 2.45) is 0 Å². The number of thiophene rings is 1. The quantitative estimate of drug-likeness (QED) is 0.469. The molecule has 1 heterocycles. The van der Waals surface area contributed by atoms with E-state index in [9.17, 15) is 24.8 Å². The molecular formula is C17H14N2O5S. The summed E-state index contributed by atoms with van der Waals surface area (Å²) in [6.45, 7) is 0. The van der Waals surface area contributed by atoms with Gasteiger partial charge < -0.3 is 10.4 Å². The average Bonchev–Trinajstić information content (AvgIpc) is 3.12. The number of benzene rings is 1. The van der Waals surface area contributed by atoms with Crippen molar-refractivity contribution in [1.82, 2.24) is 5.32 Å². The van der Waals surface area contributed by atoms with Crippen LogP contribution in [-0.4, -0.2) is 27.4 Å². The predicted molar refractivity (Wildman–Crippen MR) is 92.3 cm³/mol. The molecule has 1 aromatic heterocycles. The molecule has 0 radical (unpaired) electrons. The first-order chi connectivity index (χ1) is 11.9. The molecule has 1 aromatic carbocycles. The number of hydrogen-bond acceptors (Lipinski definition) is 5. The molecule has 1 amide bonds. The minimum Gasteiger partial charge on any atom is -0.479 e. The number of carbonyl (C=O) groups excluding carboxylic acids is 1. The Kier molecular flexibility index (Phi) is 4.37. The van der Waals surface area contributed by atoms with Crippen molar-refractivity contribution in [1.29, 1.82) is 0 Å². The Morgan fingerprint density at radius 1 is 1.28 bits per heavy atom. The summed E-state index contributed by atoms with van der Waals surface area (Å²) in [6, 6.07) is 12.0. The van der Waals surface area contributed by atoms with Gasteiger partial charge in [0, 0.05) is 22.9 Å². The standard InChI is InChI=1S/C17H14N2O5S/c20-14(8-6-12-7-9-15(25-12)19(23)24)18-17(16(21)22)10-13(17)11-4-2-1-3-5-11/h1-9,13H,10H2,(H,18,20)(H,21,22)/b8-6+. The third-order valence-corrected chi connectivity index (χ3v) is 5.08. The molecule has 0 saturated heterocycles. The van der Waals surface area contributed by atoms with E-state index in [1.54, 1.807) is 0 Å². The van der Waals surface area contributed by atoms with Crippen LogP contribution in [0.25, 0.3) is 6.08 Å². The number of rotatable bonds is 6. The zero-order chi connectivity index (χ0) is 18.0. The number of amides is 1. The van der Waals surface area contributed by atoms with Crippen molar-refractivity contribution in [3.05, 3.63) is 69.1 Å². The van der Waals surface area contributed by atoms with Crippen LogP contribution in [0.3, 0.4) is 0 Å². The molecule has 2 unspecified atom stereocenters. The van der Waals surface area contributed by atoms with Crippen LogP contribution in [0.15, 0.2) is 48.5 Å². The summed E-state index contributed by atoms with van der Waals surface area (Å²) in [6.07, 6.45) is 2.96. The zero-order valence-electron chi connectivity index (χ0n) is 12.9. The van der Waals surface area contributed by atoms with Gasteiger partial charge in [-0.15, -0.1) is 0 Å². The number of carbonyl (C=O) groups is 2. The van der Waals surface area contributed by atoms with E-state index in [4.69, 9.17) is 0 Å². The molecule has 25 heavy (non-hydrogen) atoms. The lowest BCUT2D eigenvalue weighted by atomic mass is 10.1. The molecule has 2 aromatic rings. The second kappa shape index (κ2) is 6.48. The minimum absolute atomic E-state index is 0.0200. The third-order valence-electron chi connectivity index (χ3n) is 4.08. The molecule has 1 saturated carbocycles. The van der Waals surface area contributed by atoms with Crippen molar-refractivity contribution in [2.75, 3.05) is 0 Å². The number of nitro groups is 1. The molecule has 2 N–H and O–H groups in total. The van der Waals surface area contributed by atoms with E-state index in [0.29, 0.717) is 11.3 Å². The lowest BCUT2D eigenvalue weighted by Gasteiger charge is -2.13. The van der Waals surface area contributed by atoms with Crippen molar-refractivity contribution in [2.45, 2.75) is 17.9 Å². The third kappa shape index (κ3) is 3.43. The highest BCUT2D eigenvalue weighted by atomic mass is 32.1. The van der Waals surface area contributed by atoms with Gasteiger partial charge in [-0.3, -0.25) is 14.9 Å². The number of nitrogens with zero attached hydrogens (tertiary/aromatic N) is 1. The highest BCUT2D eigenvalue weighted by Gasteiger charge is 2.62. The van der Waals surface area contributed by atoms with Crippen molar-refractivity contribution < 1.29 is 19.6 Å².